The van der Waals surface area contributed by atoms with Gasteiger partial charge in [0.15, 0.2) is 6.29 Å². The minimum Gasteiger partial charge on any atom is -0.353 e. The van der Waals surface area contributed by atoms with Crippen molar-refractivity contribution in [3.8, 4) is 0 Å². The third-order valence-electron chi connectivity index (χ3n) is 1.03. The van der Waals surface area contributed by atoms with Gasteiger partial charge in [-0.15, -0.1) is 0 Å². The Balaban J connectivity index is 2.97. The number of rotatable bonds is 6. The summed E-state index contributed by atoms with van der Waals surface area (Å²) in [4.78, 5) is 0. The Labute approximate surface area is 71.0 Å². The molecule has 3 heteroatoms. The topological polar surface area (TPSA) is 18.5 Å². The van der Waals surface area contributed by atoms with Gasteiger partial charge in [0, 0.05) is 11.9 Å². The Morgan fingerprint density at radius 2 is 2.10 bits per heavy atom. The zero-order valence-corrected chi connectivity index (χ0v) is 8.19. The maximum absolute atomic E-state index is 5.27. The van der Waals surface area contributed by atoms with Crippen molar-refractivity contribution in [2.45, 2.75) is 26.6 Å². The number of ether oxygens (including phenoxy) is 2. The molecule has 0 radical (unpaired) electrons. The Bertz CT molecular complexity index is 68.6. The van der Waals surface area contributed by atoms with Crippen LogP contribution in [0.25, 0.3) is 0 Å². The average Bonchev–Trinajstić information content (AvgIpc) is 1.89. The molecule has 0 aliphatic rings. The lowest BCUT2D eigenvalue weighted by atomic mass is 10.5. The number of halogens is 1. The fraction of sp³-hybridized carbons (Fsp3) is 1.00. The highest BCUT2D eigenvalue weighted by molar-refractivity contribution is 9.09. The molecular weight excluding hydrogens is 196 g/mol. The van der Waals surface area contributed by atoms with Crippen LogP contribution >= 0.6 is 15.9 Å². The summed E-state index contributed by atoms with van der Waals surface area (Å²) in [6.45, 7) is 5.37. The van der Waals surface area contributed by atoms with Gasteiger partial charge < -0.3 is 9.47 Å². The van der Waals surface area contributed by atoms with Crippen molar-refractivity contribution in [3.05, 3.63) is 0 Å². The molecule has 62 valence electrons. The molecule has 1 atom stereocenters. The molecule has 0 unspecified atom stereocenters. The van der Waals surface area contributed by atoms with Crippen molar-refractivity contribution in [2.75, 3.05) is 18.5 Å². The Morgan fingerprint density at radius 3 is 2.60 bits per heavy atom. The Morgan fingerprint density at radius 1 is 1.40 bits per heavy atom. The lowest BCUT2D eigenvalue weighted by molar-refractivity contribution is -0.126. The van der Waals surface area contributed by atoms with Crippen LogP contribution in [-0.4, -0.2) is 24.8 Å². The van der Waals surface area contributed by atoms with E-state index >= 15 is 0 Å². The maximum atomic E-state index is 5.27. The number of alkyl halides is 1. The van der Waals surface area contributed by atoms with Gasteiger partial charge in [-0.25, -0.2) is 0 Å². The maximum Gasteiger partial charge on any atom is 0.154 e. The van der Waals surface area contributed by atoms with E-state index in [4.69, 9.17) is 9.47 Å². The van der Waals surface area contributed by atoms with E-state index in [1.807, 2.05) is 13.8 Å². The van der Waals surface area contributed by atoms with Gasteiger partial charge in [-0.2, -0.15) is 0 Å². The van der Waals surface area contributed by atoms with Gasteiger partial charge in [0.25, 0.3) is 0 Å². The summed E-state index contributed by atoms with van der Waals surface area (Å²) in [6, 6.07) is 0. The van der Waals surface area contributed by atoms with Gasteiger partial charge in [0.05, 0.1) is 6.61 Å². The molecule has 0 N–H and O–H groups in total. The molecule has 0 aliphatic heterocycles. The van der Waals surface area contributed by atoms with Crippen molar-refractivity contribution in [1.82, 2.24) is 0 Å². The Kier molecular flexibility index (Phi) is 7.81. The van der Waals surface area contributed by atoms with Crippen LogP contribution in [0.3, 0.4) is 0 Å². The van der Waals surface area contributed by atoms with Crippen molar-refractivity contribution < 1.29 is 9.47 Å². The van der Waals surface area contributed by atoms with Gasteiger partial charge in [-0.3, -0.25) is 0 Å². The zero-order valence-electron chi connectivity index (χ0n) is 6.60. The molecule has 0 fully saturated rings. The number of hydrogen-bond acceptors (Lipinski definition) is 2. The molecule has 0 spiro atoms. The van der Waals surface area contributed by atoms with Crippen molar-refractivity contribution in [1.29, 1.82) is 0 Å². The standard InChI is InChI=1S/C7H15BrO2/c1-3-9-7(2)10-6-4-5-8/h7H,3-6H2,1-2H3/t7-/m0/s1. The van der Waals surface area contributed by atoms with Crippen LogP contribution in [0.15, 0.2) is 0 Å². The van der Waals surface area contributed by atoms with Crippen LogP contribution in [-0.2, 0) is 9.47 Å². The van der Waals surface area contributed by atoms with Crippen molar-refractivity contribution >= 4 is 15.9 Å². The molecule has 0 bridgehead atoms. The number of hydrogen-bond donors (Lipinski definition) is 0. The van der Waals surface area contributed by atoms with Crippen LogP contribution in [0, 0.1) is 0 Å². The van der Waals surface area contributed by atoms with Crippen molar-refractivity contribution in [3.63, 3.8) is 0 Å². The highest BCUT2D eigenvalue weighted by atomic mass is 79.9. The molecule has 0 saturated carbocycles. The molecule has 0 aromatic rings. The molecular formula is C7H15BrO2. The monoisotopic (exact) mass is 210 g/mol. The molecule has 0 aromatic carbocycles. The van der Waals surface area contributed by atoms with Gasteiger partial charge in [-0.05, 0) is 20.3 Å². The summed E-state index contributed by atoms with van der Waals surface area (Å²) in [7, 11) is 0. The second-order valence-corrected chi connectivity index (χ2v) is 2.73. The van der Waals surface area contributed by atoms with E-state index in [2.05, 4.69) is 15.9 Å². The first-order chi connectivity index (χ1) is 4.81. The largest absolute Gasteiger partial charge is 0.353 e. The van der Waals surface area contributed by atoms with Crippen LogP contribution in [0.4, 0.5) is 0 Å². The summed E-state index contributed by atoms with van der Waals surface area (Å²) in [5, 5.41) is 0.992. The van der Waals surface area contributed by atoms with E-state index in [1.165, 1.54) is 0 Å². The first kappa shape index (κ1) is 10.4. The van der Waals surface area contributed by atoms with E-state index in [0.717, 1.165) is 25.0 Å². The summed E-state index contributed by atoms with van der Waals surface area (Å²) in [5.74, 6) is 0. The summed E-state index contributed by atoms with van der Waals surface area (Å²) >= 11 is 3.32. The van der Waals surface area contributed by atoms with E-state index < -0.39 is 0 Å². The summed E-state index contributed by atoms with van der Waals surface area (Å²) < 4.78 is 10.4. The van der Waals surface area contributed by atoms with Gasteiger partial charge in [0.1, 0.15) is 0 Å². The van der Waals surface area contributed by atoms with Crippen LogP contribution < -0.4 is 0 Å². The highest BCUT2D eigenvalue weighted by Crippen LogP contribution is 1.95. The predicted molar refractivity (Wildman–Crippen MR) is 45.5 cm³/mol. The molecule has 0 aromatic heterocycles. The molecule has 10 heavy (non-hydrogen) atoms. The first-order valence-corrected chi connectivity index (χ1v) is 4.72. The van der Waals surface area contributed by atoms with Crippen molar-refractivity contribution in [2.24, 2.45) is 0 Å². The third-order valence-corrected chi connectivity index (χ3v) is 1.59. The molecule has 2 nitrogen and oxygen atoms in total. The smallest absolute Gasteiger partial charge is 0.154 e. The average molecular weight is 211 g/mol. The molecule has 0 rings (SSSR count). The quantitative estimate of drug-likeness (QED) is 0.381. The normalized spacial score (nSPS) is 13.5. The summed E-state index contributed by atoms with van der Waals surface area (Å²) in [6.07, 6.45) is 0.987. The van der Waals surface area contributed by atoms with E-state index in [1.54, 1.807) is 0 Å². The Hall–Kier alpha value is 0.400. The first-order valence-electron chi connectivity index (χ1n) is 3.60. The third kappa shape index (κ3) is 6.52. The summed E-state index contributed by atoms with van der Waals surface area (Å²) in [5.41, 5.74) is 0. The zero-order chi connectivity index (χ0) is 7.82. The van der Waals surface area contributed by atoms with Crippen LogP contribution in [0.5, 0.6) is 0 Å². The SMILES string of the molecule is CCO[C@H](C)OCCCBr. The highest BCUT2D eigenvalue weighted by Gasteiger charge is 1.97. The van der Waals surface area contributed by atoms with Gasteiger partial charge in [-0.1, -0.05) is 15.9 Å². The molecule has 0 saturated heterocycles. The van der Waals surface area contributed by atoms with E-state index in [-0.39, 0.29) is 6.29 Å². The fourth-order valence-electron chi connectivity index (χ4n) is 0.587. The van der Waals surface area contributed by atoms with Crippen LogP contribution in [0.2, 0.25) is 0 Å². The second-order valence-electron chi connectivity index (χ2n) is 1.94. The van der Waals surface area contributed by atoms with E-state index in [0.29, 0.717) is 0 Å². The lowest BCUT2D eigenvalue weighted by Crippen LogP contribution is -2.13. The minimum atomic E-state index is -0.0518. The molecule has 0 amide bonds. The minimum absolute atomic E-state index is 0.0518. The fourth-order valence-corrected chi connectivity index (χ4v) is 0.816. The predicted octanol–water partition coefficient (Wildman–Crippen LogP) is 2.17. The van der Waals surface area contributed by atoms with Crippen LogP contribution in [0.1, 0.15) is 20.3 Å². The van der Waals surface area contributed by atoms with E-state index in [9.17, 15) is 0 Å². The second kappa shape index (κ2) is 7.51. The van der Waals surface area contributed by atoms with Gasteiger partial charge >= 0.3 is 0 Å². The lowest BCUT2D eigenvalue weighted by Gasteiger charge is -2.11. The molecule has 0 heterocycles. The van der Waals surface area contributed by atoms with Gasteiger partial charge in [0.2, 0.25) is 0 Å². The molecule has 0 aliphatic carbocycles.